The molecule has 2 aromatic rings. The van der Waals surface area contributed by atoms with Gasteiger partial charge in [0.15, 0.2) is 12.0 Å². The second kappa shape index (κ2) is 4.52. The third-order valence-corrected chi connectivity index (χ3v) is 2.23. The number of nitrogens with one attached hydrogen (secondary N) is 1. The van der Waals surface area contributed by atoms with E-state index in [9.17, 15) is 0 Å². The molecule has 0 saturated heterocycles. The van der Waals surface area contributed by atoms with Crippen molar-refractivity contribution in [1.82, 2.24) is 4.98 Å². The minimum Gasteiger partial charge on any atom is -0.443 e. The van der Waals surface area contributed by atoms with E-state index in [0.717, 1.165) is 0 Å². The number of halogens is 1. The van der Waals surface area contributed by atoms with Gasteiger partial charge >= 0.3 is 0 Å². The summed E-state index contributed by atoms with van der Waals surface area (Å²) in [6.07, 6.45) is 1.30. The van der Waals surface area contributed by atoms with Crippen LogP contribution in [0.25, 0.3) is 11.1 Å². The third-order valence-electron chi connectivity index (χ3n) is 1.92. The number of hydrazone groups is 1. The Balaban J connectivity index is 2.37. The Kier molecular flexibility index (Phi) is 2.91. The molecular weight excluding hydrogens is 242 g/mol. The SMILES string of the molecule is N#CC(C#N)=NNc1cc2ocnc2cc1Cl. The first kappa shape index (κ1) is 10.9. The quantitative estimate of drug-likeness (QED) is 0.646. The van der Waals surface area contributed by atoms with Crippen LogP contribution < -0.4 is 5.43 Å². The van der Waals surface area contributed by atoms with E-state index in [0.29, 0.717) is 21.8 Å². The molecule has 2 rings (SSSR count). The molecule has 0 bridgehead atoms. The van der Waals surface area contributed by atoms with E-state index >= 15 is 0 Å². The molecule has 0 aliphatic rings. The number of anilines is 1. The van der Waals surface area contributed by atoms with Crippen LogP contribution in [-0.4, -0.2) is 10.7 Å². The molecule has 1 heterocycles. The van der Waals surface area contributed by atoms with Gasteiger partial charge < -0.3 is 4.42 Å². The standard InChI is InChI=1S/C10H4ClN5O/c11-7-1-9-10(17-5-14-9)2-8(7)16-15-6(3-12)4-13/h1-2,5,16H. The molecule has 0 aliphatic carbocycles. The summed E-state index contributed by atoms with van der Waals surface area (Å²) >= 11 is 5.95. The average Bonchev–Trinajstić information content (AvgIpc) is 2.77. The van der Waals surface area contributed by atoms with E-state index in [-0.39, 0.29) is 5.71 Å². The number of benzene rings is 1. The number of nitrogens with zero attached hydrogens (tertiary/aromatic N) is 4. The molecule has 0 fully saturated rings. The largest absolute Gasteiger partial charge is 0.443 e. The van der Waals surface area contributed by atoms with Crippen molar-refractivity contribution >= 4 is 34.1 Å². The van der Waals surface area contributed by atoms with Crippen molar-refractivity contribution in [1.29, 1.82) is 10.5 Å². The van der Waals surface area contributed by atoms with E-state index in [4.69, 9.17) is 26.5 Å². The van der Waals surface area contributed by atoms with Gasteiger partial charge in [-0.2, -0.15) is 15.6 Å². The Bertz CT molecular complexity index is 660. The highest BCUT2D eigenvalue weighted by Crippen LogP contribution is 2.27. The average molecular weight is 246 g/mol. The summed E-state index contributed by atoms with van der Waals surface area (Å²) in [5.41, 5.74) is 3.80. The van der Waals surface area contributed by atoms with Crippen molar-refractivity contribution in [3.05, 3.63) is 23.5 Å². The van der Waals surface area contributed by atoms with Crippen LogP contribution in [0.4, 0.5) is 5.69 Å². The Morgan fingerprint density at radius 2 is 2.18 bits per heavy atom. The van der Waals surface area contributed by atoms with Crippen molar-refractivity contribution < 1.29 is 4.42 Å². The van der Waals surface area contributed by atoms with Crippen LogP contribution in [0.1, 0.15) is 0 Å². The molecule has 17 heavy (non-hydrogen) atoms. The maximum Gasteiger partial charge on any atom is 0.237 e. The lowest BCUT2D eigenvalue weighted by atomic mass is 10.3. The van der Waals surface area contributed by atoms with Gasteiger partial charge in [-0.1, -0.05) is 11.6 Å². The number of rotatable bonds is 2. The second-order valence-electron chi connectivity index (χ2n) is 2.95. The number of oxazole rings is 1. The van der Waals surface area contributed by atoms with Gasteiger partial charge in [0.2, 0.25) is 5.71 Å². The van der Waals surface area contributed by atoms with Crippen molar-refractivity contribution in [2.45, 2.75) is 0 Å². The zero-order valence-electron chi connectivity index (χ0n) is 8.31. The highest BCUT2D eigenvalue weighted by molar-refractivity contribution is 6.34. The second-order valence-corrected chi connectivity index (χ2v) is 3.36. The van der Waals surface area contributed by atoms with E-state index in [1.807, 2.05) is 0 Å². The summed E-state index contributed by atoms with van der Waals surface area (Å²) in [7, 11) is 0. The monoisotopic (exact) mass is 245 g/mol. The van der Waals surface area contributed by atoms with Crippen LogP contribution in [0, 0.1) is 22.7 Å². The van der Waals surface area contributed by atoms with Crippen LogP contribution in [0.5, 0.6) is 0 Å². The normalized spacial score (nSPS) is 9.35. The molecular formula is C10H4ClN5O. The lowest BCUT2D eigenvalue weighted by molar-refractivity contribution is 0.602. The van der Waals surface area contributed by atoms with Gasteiger partial charge in [0, 0.05) is 6.07 Å². The highest BCUT2D eigenvalue weighted by Gasteiger charge is 2.06. The Hall–Kier alpha value is -2.57. The summed E-state index contributed by atoms with van der Waals surface area (Å²) < 4.78 is 5.08. The van der Waals surface area contributed by atoms with Crippen molar-refractivity contribution in [2.24, 2.45) is 5.10 Å². The van der Waals surface area contributed by atoms with Crippen LogP contribution in [0.3, 0.4) is 0 Å². The predicted molar refractivity (Wildman–Crippen MR) is 61.3 cm³/mol. The predicted octanol–water partition coefficient (Wildman–Crippen LogP) is 2.30. The van der Waals surface area contributed by atoms with Gasteiger partial charge in [0.05, 0.1) is 10.7 Å². The molecule has 0 saturated carbocycles. The van der Waals surface area contributed by atoms with Crippen LogP contribution in [-0.2, 0) is 0 Å². The molecule has 0 radical (unpaired) electrons. The first-order valence-corrected chi connectivity index (χ1v) is 4.79. The molecule has 82 valence electrons. The minimum atomic E-state index is -0.293. The highest BCUT2D eigenvalue weighted by atomic mass is 35.5. The van der Waals surface area contributed by atoms with Crippen LogP contribution in [0.2, 0.25) is 5.02 Å². The van der Waals surface area contributed by atoms with E-state index in [1.54, 1.807) is 24.3 Å². The smallest absolute Gasteiger partial charge is 0.237 e. The number of nitriles is 2. The van der Waals surface area contributed by atoms with Gasteiger partial charge in [-0.05, 0) is 6.07 Å². The van der Waals surface area contributed by atoms with Gasteiger partial charge in [-0.15, -0.1) is 0 Å². The van der Waals surface area contributed by atoms with E-state index in [2.05, 4.69) is 15.5 Å². The van der Waals surface area contributed by atoms with Crippen LogP contribution >= 0.6 is 11.6 Å². The first-order chi connectivity index (χ1) is 8.24. The summed E-state index contributed by atoms with van der Waals surface area (Å²) in [6.45, 7) is 0. The number of fused-ring (bicyclic) bond motifs is 1. The number of hydrogen-bond donors (Lipinski definition) is 1. The van der Waals surface area contributed by atoms with Crippen LogP contribution in [0.15, 0.2) is 28.0 Å². The van der Waals surface area contributed by atoms with Gasteiger partial charge in [-0.25, -0.2) is 4.98 Å². The molecule has 0 spiro atoms. The molecule has 7 heteroatoms. The Morgan fingerprint density at radius 1 is 1.41 bits per heavy atom. The molecule has 1 aromatic carbocycles. The molecule has 1 N–H and O–H groups in total. The fraction of sp³-hybridized carbons (Fsp3) is 0. The molecule has 0 unspecified atom stereocenters. The lowest BCUT2D eigenvalue weighted by Gasteiger charge is -2.01. The Labute approximate surface area is 101 Å². The lowest BCUT2D eigenvalue weighted by Crippen LogP contribution is -1.96. The first-order valence-electron chi connectivity index (χ1n) is 4.41. The number of hydrogen-bond acceptors (Lipinski definition) is 6. The summed E-state index contributed by atoms with van der Waals surface area (Å²) in [4.78, 5) is 3.93. The zero-order valence-corrected chi connectivity index (χ0v) is 9.06. The van der Waals surface area contributed by atoms with Gasteiger partial charge in [0.1, 0.15) is 17.7 Å². The topological polar surface area (TPSA) is 98.0 Å². The molecule has 0 amide bonds. The zero-order chi connectivity index (χ0) is 12.3. The summed E-state index contributed by atoms with van der Waals surface area (Å²) in [6, 6.07) is 6.42. The molecule has 1 aromatic heterocycles. The Morgan fingerprint density at radius 3 is 2.88 bits per heavy atom. The molecule has 0 atom stereocenters. The minimum absolute atomic E-state index is 0.293. The third kappa shape index (κ3) is 2.17. The summed E-state index contributed by atoms with van der Waals surface area (Å²) in [5.74, 6) is 0. The summed E-state index contributed by atoms with van der Waals surface area (Å²) in [5, 5.41) is 21.0. The van der Waals surface area contributed by atoms with Crippen molar-refractivity contribution in [3.63, 3.8) is 0 Å². The van der Waals surface area contributed by atoms with Crippen molar-refractivity contribution in [2.75, 3.05) is 5.43 Å². The molecule has 6 nitrogen and oxygen atoms in total. The number of aromatic nitrogens is 1. The van der Waals surface area contributed by atoms with Gasteiger partial charge in [0.25, 0.3) is 0 Å². The fourth-order valence-corrected chi connectivity index (χ4v) is 1.36. The van der Waals surface area contributed by atoms with Crippen molar-refractivity contribution in [3.8, 4) is 12.1 Å². The molecule has 0 aliphatic heterocycles. The van der Waals surface area contributed by atoms with E-state index < -0.39 is 0 Å². The van der Waals surface area contributed by atoms with Gasteiger partial charge in [-0.3, -0.25) is 5.43 Å². The van der Waals surface area contributed by atoms with E-state index in [1.165, 1.54) is 6.39 Å². The fourth-order valence-electron chi connectivity index (χ4n) is 1.15. The maximum absolute atomic E-state index is 8.51. The maximum atomic E-state index is 8.51.